The average Bonchev–Trinajstić information content (AvgIpc) is 2.52. The molecule has 2 saturated heterocycles. The quantitative estimate of drug-likeness (QED) is 0.648. The summed E-state index contributed by atoms with van der Waals surface area (Å²) in [5, 5.41) is 0. The van der Waals surface area contributed by atoms with Crippen LogP contribution in [-0.2, 0) is 14.3 Å². The average molecular weight is 312 g/mol. The Morgan fingerprint density at radius 3 is 2.27 bits per heavy atom. The van der Waals surface area contributed by atoms with E-state index in [0.717, 1.165) is 59.0 Å². The van der Waals surface area contributed by atoms with Crippen LogP contribution in [0.2, 0.25) is 0 Å². The van der Waals surface area contributed by atoms with E-state index in [9.17, 15) is 9.59 Å². The predicted octanol–water partition coefficient (Wildman–Crippen LogP) is -1.06. The van der Waals surface area contributed by atoms with Crippen molar-refractivity contribution in [3.8, 4) is 0 Å². The molecule has 0 saturated carbocycles. The van der Waals surface area contributed by atoms with Gasteiger partial charge >= 0.3 is 0 Å². The molecule has 2 aliphatic heterocycles. The standard InChI is InChI=1S/C15H28N4O3/c1-14(20)19(8-5-17-9-11-22-12-10-17)13-15(21)18-6-3-16(2)4-7-18/h3-13H2,1-2H3. The number of hydrogen-bond donors (Lipinski definition) is 0. The van der Waals surface area contributed by atoms with Gasteiger partial charge in [-0.2, -0.15) is 0 Å². The fraction of sp³-hybridized carbons (Fsp3) is 0.867. The second-order valence-corrected chi connectivity index (χ2v) is 6.08. The molecule has 0 unspecified atom stereocenters. The summed E-state index contributed by atoms with van der Waals surface area (Å²) in [4.78, 5) is 32.2. The Morgan fingerprint density at radius 1 is 1.05 bits per heavy atom. The molecule has 0 N–H and O–H groups in total. The van der Waals surface area contributed by atoms with Gasteiger partial charge in [-0.25, -0.2) is 0 Å². The molecule has 2 fully saturated rings. The van der Waals surface area contributed by atoms with E-state index >= 15 is 0 Å². The lowest BCUT2D eigenvalue weighted by Gasteiger charge is -2.34. The Hall–Kier alpha value is -1.18. The van der Waals surface area contributed by atoms with Gasteiger partial charge in [-0.15, -0.1) is 0 Å². The molecule has 0 atom stereocenters. The number of rotatable bonds is 5. The van der Waals surface area contributed by atoms with Gasteiger partial charge in [0.2, 0.25) is 11.8 Å². The molecule has 126 valence electrons. The van der Waals surface area contributed by atoms with Gasteiger partial charge in [0.1, 0.15) is 0 Å². The molecule has 2 amide bonds. The summed E-state index contributed by atoms with van der Waals surface area (Å²) in [6.07, 6.45) is 0. The minimum absolute atomic E-state index is 0.0317. The van der Waals surface area contributed by atoms with Crippen LogP contribution in [0, 0.1) is 0 Å². The number of hydrogen-bond acceptors (Lipinski definition) is 5. The number of morpholine rings is 1. The van der Waals surface area contributed by atoms with Gasteiger partial charge in [0.25, 0.3) is 0 Å². The maximum Gasteiger partial charge on any atom is 0.242 e. The molecular formula is C15H28N4O3. The van der Waals surface area contributed by atoms with Crippen molar-refractivity contribution in [3.63, 3.8) is 0 Å². The van der Waals surface area contributed by atoms with E-state index in [0.29, 0.717) is 6.54 Å². The third-order valence-electron chi connectivity index (χ3n) is 4.42. The van der Waals surface area contributed by atoms with Crippen molar-refractivity contribution in [2.45, 2.75) is 6.92 Å². The molecule has 0 aliphatic carbocycles. The first-order valence-corrected chi connectivity index (χ1v) is 8.08. The number of carbonyl (C=O) groups excluding carboxylic acids is 2. The van der Waals surface area contributed by atoms with Gasteiger partial charge in [0, 0.05) is 59.3 Å². The molecule has 0 aromatic rings. The highest BCUT2D eigenvalue weighted by Crippen LogP contribution is 2.03. The van der Waals surface area contributed by atoms with Crippen LogP contribution in [0.5, 0.6) is 0 Å². The summed E-state index contributed by atoms with van der Waals surface area (Å²) < 4.78 is 5.32. The molecule has 0 spiro atoms. The van der Waals surface area contributed by atoms with Crippen molar-refractivity contribution in [3.05, 3.63) is 0 Å². The third-order valence-corrected chi connectivity index (χ3v) is 4.42. The predicted molar refractivity (Wildman–Crippen MR) is 83.6 cm³/mol. The summed E-state index contributed by atoms with van der Waals surface area (Å²) in [6.45, 7) is 9.76. The highest BCUT2D eigenvalue weighted by atomic mass is 16.5. The van der Waals surface area contributed by atoms with Crippen LogP contribution in [0.1, 0.15) is 6.92 Å². The van der Waals surface area contributed by atoms with Gasteiger partial charge < -0.3 is 19.4 Å². The molecule has 0 radical (unpaired) electrons. The number of nitrogens with zero attached hydrogens (tertiary/aromatic N) is 4. The van der Waals surface area contributed by atoms with Gasteiger partial charge in [0.15, 0.2) is 0 Å². The van der Waals surface area contributed by atoms with Crippen molar-refractivity contribution in [2.75, 3.05) is 79.2 Å². The number of piperazine rings is 1. The molecule has 7 nitrogen and oxygen atoms in total. The van der Waals surface area contributed by atoms with Crippen molar-refractivity contribution in [1.82, 2.24) is 19.6 Å². The Balaban J connectivity index is 1.77. The van der Waals surface area contributed by atoms with Crippen LogP contribution in [0.15, 0.2) is 0 Å². The Bertz CT molecular complexity index is 377. The van der Waals surface area contributed by atoms with Crippen molar-refractivity contribution in [2.24, 2.45) is 0 Å². The highest BCUT2D eigenvalue weighted by molar-refractivity contribution is 5.83. The van der Waals surface area contributed by atoms with Crippen LogP contribution >= 0.6 is 0 Å². The van der Waals surface area contributed by atoms with E-state index in [1.807, 2.05) is 4.90 Å². The van der Waals surface area contributed by atoms with Crippen LogP contribution < -0.4 is 0 Å². The minimum Gasteiger partial charge on any atom is -0.379 e. The largest absolute Gasteiger partial charge is 0.379 e. The number of amides is 2. The summed E-state index contributed by atoms with van der Waals surface area (Å²) in [5.41, 5.74) is 0. The zero-order chi connectivity index (χ0) is 15.9. The molecule has 2 heterocycles. The first-order valence-electron chi connectivity index (χ1n) is 8.08. The summed E-state index contributed by atoms with van der Waals surface area (Å²) in [5.74, 6) is 0.0287. The monoisotopic (exact) mass is 312 g/mol. The van der Waals surface area contributed by atoms with E-state index in [4.69, 9.17) is 4.74 Å². The molecule has 2 aliphatic rings. The van der Waals surface area contributed by atoms with E-state index < -0.39 is 0 Å². The molecule has 7 heteroatoms. The second-order valence-electron chi connectivity index (χ2n) is 6.08. The first kappa shape index (κ1) is 17.2. The van der Waals surface area contributed by atoms with Gasteiger partial charge in [-0.05, 0) is 7.05 Å². The summed E-state index contributed by atoms with van der Waals surface area (Å²) in [6, 6.07) is 0. The second kappa shape index (κ2) is 8.45. The van der Waals surface area contributed by atoms with Crippen molar-refractivity contribution in [1.29, 1.82) is 0 Å². The molecule has 0 aromatic carbocycles. The zero-order valence-corrected chi connectivity index (χ0v) is 13.8. The van der Waals surface area contributed by atoms with Crippen LogP contribution in [-0.4, -0.2) is 111 Å². The fourth-order valence-electron chi connectivity index (χ4n) is 2.75. The number of likely N-dealkylation sites (N-methyl/N-ethyl adjacent to an activating group) is 1. The SMILES string of the molecule is CC(=O)N(CCN1CCOCC1)CC(=O)N1CCN(C)CC1. The van der Waals surface area contributed by atoms with Gasteiger partial charge in [0.05, 0.1) is 19.8 Å². The lowest BCUT2D eigenvalue weighted by atomic mass is 10.3. The molecule has 0 bridgehead atoms. The highest BCUT2D eigenvalue weighted by Gasteiger charge is 2.22. The maximum atomic E-state index is 12.4. The van der Waals surface area contributed by atoms with Crippen molar-refractivity contribution >= 4 is 11.8 Å². The van der Waals surface area contributed by atoms with Crippen molar-refractivity contribution < 1.29 is 14.3 Å². The van der Waals surface area contributed by atoms with Crippen LogP contribution in [0.3, 0.4) is 0 Å². The Labute approximate surface area is 132 Å². The fourth-order valence-corrected chi connectivity index (χ4v) is 2.75. The summed E-state index contributed by atoms with van der Waals surface area (Å²) in [7, 11) is 2.06. The molecule has 2 rings (SSSR count). The van der Waals surface area contributed by atoms with Crippen LogP contribution in [0.4, 0.5) is 0 Å². The molecule has 0 aromatic heterocycles. The number of carbonyl (C=O) groups is 2. The van der Waals surface area contributed by atoms with Crippen LogP contribution in [0.25, 0.3) is 0 Å². The Morgan fingerprint density at radius 2 is 1.68 bits per heavy atom. The molecule has 22 heavy (non-hydrogen) atoms. The normalized spacial score (nSPS) is 20.9. The topological polar surface area (TPSA) is 56.3 Å². The first-order chi connectivity index (χ1) is 10.6. The Kier molecular flexibility index (Phi) is 6.60. The smallest absolute Gasteiger partial charge is 0.242 e. The summed E-state index contributed by atoms with van der Waals surface area (Å²) >= 11 is 0. The zero-order valence-electron chi connectivity index (χ0n) is 13.8. The maximum absolute atomic E-state index is 12.4. The minimum atomic E-state index is -0.0317. The third kappa shape index (κ3) is 5.23. The van der Waals surface area contributed by atoms with E-state index in [1.54, 1.807) is 4.90 Å². The lowest BCUT2D eigenvalue weighted by molar-refractivity contribution is -0.140. The lowest BCUT2D eigenvalue weighted by Crippen LogP contribution is -2.51. The number of ether oxygens (including phenoxy) is 1. The van der Waals surface area contributed by atoms with E-state index in [1.165, 1.54) is 6.92 Å². The van der Waals surface area contributed by atoms with Gasteiger partial charge in [-0.3, -0.25) is 14.5 Å². The van der Waals surface area contributed by atoms with E-state index in [-0.39, 0.29) is 18.4 Å². The van der Waals surface area contributed by atoms with Gasteiger partial charge in [-0.1, -0.05) is 0 Å². The van der Waals surface area contributed by atoms with E-state index in [2.05, 4.69) is 16.8 Å². The molecular weight excluding hydrogens is 284 g/mol.